The average Bonchev–Trinajstić information content (AvgIpc) is 2.58. The van der Waals surface area contributed by atoms with Gasteiger partial charge in [-0.15, -0.1) is 0 Å². The summed E-state index contributed by atoms with van der Waals surface area (Å²) in [6.07, 6.45) is -2.44. The molecule has 1 aromatic rings. The number of hydrogen-bond donors (Lipinski definition) is 1. The largest absolute Gasteiger partial charge is 0.374 e. The number of nitrogens with one attached hydrogen (secondary N) is 1. The first-order valence-electron chi connectivity index (χ1n) is 4.61. The fraction of sp³-hybridized carbons (Fsp3) is 0.556. The van der Waals surface area contributed by atoms with E-state index in [9.17, 15) is 8.78 Å². The number of alkyl halides is 2. The maximum atomic E-state index is 11.7. The number of nitriles is 1. The van der Waals surface area contributed by atoms with Crippen molar-refractivity contribution in [3.05, 3.63) is 11.3 Å². The summed E-state index contributed by atoms with van der Waals surface area (Å²) in [5.41, 5.74) is 1.17. The number of aromatic nitrogens is 1. The van der Waals surface area contributed by atoms with Crippen molar-refractivity contribution >= 4 is 16.5 Å². The third kappa shape index (κ3) is 3.72. The fourth-order valence-electron chi connectivity index (χ4n) is 1.03. The lowest BCUT2D eigenvalue weighted by molar-refractivity contribution is 0.0215. The van der Waals surface area contributed by atoms with E-state index in [2.05, 4.69) is 14.4 Å². The summed E-state index contributed by atoms with van der Waals surface area (Å²) in [5, 5.41) is 12.4. The summed E-state index contributed by atoms with van der Waals surface area (Å²) in [5.74, 6) is 0. The molecule has 0 radical (unpaired) electrons. The topological polar surface area (TPSA) is 57.9 Å². The molecule has 7 heteroatoms. The maximum Gasteiger partial charge on any atom is 0.261 e. The Balaban J connectivity index is 2.30. The molecule has 1 heterocycles. The van der Waals surface area contributed by atoms with Gasteiger partial charge in [0.15, 0.2) is 0 Å². The summed E-state index contributed by atoms with van der Waals surface area (Å²) in [4.78, 5) is 0. The van der Waals surface area contributed by atoms with E-state index in [1.807, 2.05) is 6.07 Å². The molecule has 0 aliphatic carbocycles. The molecule has 1 aromatic heterocycles. The van der Waals surface area contributed by atoms with Gasteiger partial charge in [-0.1, -0.05) is 0 Å². The molecule has 0 saturated carbocycles. The first kappa shape index (κ1) is 12.8. The second-order valence-corrected chi connectivity index (χ2v) is 3.75. The van der Waals surface area contributed by atoms with Crippen LogP contribution in [0.15, 0.2) is 0 Å². The highest BCUT2D eigenvalue weighted by atomic mass is 32.1. The molecule has 0 saturated heterocycles. The Bertz CT molecular complexity index is 375. The quantitative estimate of drug-likeness (QED) is 0.781. The molecular weight excluding hydrogens is 236 g/mol. The number of ether oxygens (including phenoxy) is 1. The standard InChI is InChI=1S/C9H11F2N3OS/c1-6-7(4-12)9(16-14-6)13-2-3-15-5-8(10)11/h8,13H,2-3,5H2,1H3. The highest BCUT2D eigenvalue weighted by Gasteiger charge is 2.09. The number of aryl methyl sites for hydroxylation is 1. The van der Waals surface area contributed by atoms with Crippen LogP contribution >= 0.6 is 11.5 Å². The van der Waals surface area contributed by atoms with Crippen LogP contribution in [0, 0.1) is 18.3 Å². The number of anilines is 1. The van der Waals surface area contributed by atoms with Crippen molar-refractivity contribution in [2.75, 3.05) is 25.1 Å². The highest BCUT2D eigenvalue weighted by molar-refractivity contribution is 7.10. The number of hydrogen-bond acceptors (Lipinski definition) is 5. The average molecular weight is 247 g/mol. The molecule has 0 aliphatic rings. The highest BCUT2D eigenvalue weighted by Crippen LogP contribution is 2.22. The second-order valence-electron chi connectivity index (χ2n) is 2.98. The van der Waals surface area contributed by atoms with Crippen LogP contribution in [-0.2, 0) is 4.74 Å². The van der Waals surface area contributed by atoms with Gasteiger partial charge in [0.25, 0.3) is 6.43 Å². The molecule has 0 amide bonds. The van der Waals surface area contributed by atoms with E-state index in [0.29, 0.717) is 22.8 Å². The van der Waals surface area contributed by atoms with E-state index < -0.39 is 13.0 Å². The molecule has 1 rings (SSSR count). The summed E-state index contributed by atoms with van der Waals surface area (Å²) >= 11 is 1.18. The van der Waals surface area contributed by atoms with Crippen LogP contribution in [-0.4, -0.2) is 30.6 Å². The van der Waals surface area contributed by atoms with Crippen LogP contribution in [0.3, 0.4) is 0 Å². The van der Waals surface area contributed by atoms with Gasteiger partial charge in [-0.3, -0.25) is 0 Å². The van der Waals surface area contributed by atoms with Crippen LogP contribution in [0.1, 0.15) is 11.3 Å². The Kier molecular flexibility index (Phi) is 5.08. The van der Waals surface area contributed by atoms with E-state index in [4.69, 9.17) is 5.26 Å². The summed E-state index contributed by atoms with van der Waals surface area (Å²) in [6.45, 7) is 1.73. The first-order chi connectivity index (χ1) is 7.65. The first-order valence-corrected chi connectivity index (χ1v) is 5.38. The lowest BCUT2D eigenvalue weighted by atomic mass is 10.3. The number of halogens is 2. The lowest BCUT2D eigenvalue weighted by Gasteiger charge is -2.04. The van der Waals surface area contributed by atoms with Gasteiger partial charge in [0.2, 0.25) is 0 Å². The number of rotatable bonds is 6. The molecule has 0 spiro atoms. The van der Waals surface area contributed by atoms with Gasteiger partial charge < -0.3 is 10.1 Å². The van der Waals surface area contributed by atoms with Crippen molar-refractivity contribution in [2.45, 2.75) is 13.3 Å². The molecule has 0 aromatic carbocycles. The van der Waals surface area contributed by atoms with Gasteiger partial charge in [-0.25, -0.2) is 8.78 Å². The monoisotopic (exact) mass is 247 g/mol. The van der Waals surface area contributed by atoms with Gasteiger partial charge in [0.05, 0.1) is 12.3 Å². The molecule has 16 heavy (non-hydrogen) atoms. The Morgan fingerprint density at radius 1 is 1.62 bits per heavy atom. The van der Waals surface area contributed by atoms with Crippen LogP contribution in [0.5, 0.6) is 0 Å². The van der Waals surface area contributed by atoms with Crippen molar-refractivity contribution in [1.82, 2.24) is 4.37 Å². The minimum absolute atomic E-state index is 0.173. The second kappa shape index (κ2) is 6.35. The molecule has 88 valence electrons. The zero-order chi connectivity index (χ0) is 12.0. The van der Waals surface area contributed by atoms with Crippen LogP contribution in [0.2, 0.25) is 0 Å². The van der Waals surface area contributed by atoms with Crippen molar-refractivity contribution in [2.24, 2.45) is 0 Å². The summed E-state index contributed by atoms with van der Waals surface area (Å²) in [7, 11) is 0. The molecule has 0 aliphatic heterocycles. The number of nitrogens with zero attached hydrogens (tertiary/aromatic N) is 2. The third-order valence-corrected chi connectivity index (χ3v) is 2.65. The van der Waals surface area contributed by atoms with Crippen LogP contribution in [0.25, 0.3) is 0 Å². The van der Waals surface area contributed by atoms with Crippen molar-refractivity contribution in [3.8, 4) is 6.07 Å². The van der Waals surface area contributed by atoms with Gasteiger partial charge in [-0.05, 0) is 18.5 Å². The Morgan fingerprint density at radius 3 is 3.00 bits per heavy atom. The van der Waals surface area contributed by atoms with E-state index in [0.717, 1.165) is 0 Å². The smallest absolute Gasteiger partial charge is 0.261 e. The minimum atomic E-state index is -2.44. The van der Waals surface area contributed by atoms with E-state index >= 15 is 0 Å². The van der Waals surface area contributed by atoms with Crippen molar-refractivity contribution in [3.63, 3.8) is 0 Å². The fourth-order valence-corrected chi connectivity index (χ4v) is 1.80. The Labute approximate surface area is 96.0 Å². The van der Waals surface area contributed by atoms with Crippen LogP contribution < -0.4 is 5.32 Å². The van der Waals surface area contributed by atoms with Gasteiger partial charge >= 0.3 is 0 Å². The molecule has 4 nitrogen and oxygen atoms in total. The Hall–Kier alpha value is -1.26. The molecule has 0 atom stereocenters. The minimum Gasteiger partial charge on any atom is -0.374 e. The predicted molar refractivity (Wildman–Crippen MR) is 56.9 cm³/mol. The van der Waals surface area contributed by atoms with Gasteiger partial charge in [-0.2, -0.15) is 9.64 Å². The third-order valence-electron chi connectivity index (χ3n) is 1.75. The molecule has 1 N–H and O–H groups in total. The van der Waals surface area contributed by atoms with Gasteiger partial charge in [0, 0.05) is 6.54 Å². The Morgan fingerprint density at radius 2 is 2.38 bits per heavy atom. The predicted octanol–water partition coefficient (Wildman–Crippen LogP) is 2.02. The van der Waals surface area contributed by atoms with E-state index in [-0.39, 0.29) is 6.61 Å². The lowest BCUT2D eigenvalue weighted by Crippen LogP contribution is -2.13. The van der Waals surface area contributed by atoms with Crippen LogP contribution in [0.4, 0.5) is 13.8 Å². The zero-order valence-electron chi connectivity index (χ0n) is 8.67. The SMILES string of the molecule is Cc1nsc(NCCOCC(F)F)c1C#N. The van der Waals surface area contributed by atoms with Crippen molar-refractivity contribution in [1.29, 1.82) is 5.26 Å². The summed E-state index contributed by atoms with van der Waals surface area (Å²) < 4.78 is 32.1. The van der Waals surface area contributed by atoms with E-state index in [1.165, 1.54) is 11.5 Å². The molecule has 0 bridgehead atoms. The molecule has 0 fully saturated rings. The van der Waals surface area contributed by atoms with Gasteiger partial charge in [0.1, 0.15) is 23.2 Å². The molecular formula is C9H11F2N3OS. The summed E-state index contributed by atoms with van der Waals surface area (Å²) in [6, 6.07) is 2.03. The zero-order valence-corrected chi connectivity index (χ0v) is 9.48. The van der Waals surface area contributed by atoms with Crippen molar-refractivity contribution < 1.29 is 13.5 Å². The maximum absolute atomic E-state index is 11.7. The van der Waals surface area contributed by atoms with E-state index in [1.54, 1.807) is 6.92 Å². The normalized spacial score (nSPS) is 10.4. The molecule has 0 unspecified atom stereocenters.